The van der Waals surface area contributed by atoms with Crippen LogP contribution in [0.5, 0.6) is 0 Å². The Morgan fingerprint density at radius 3 is 1.08 bits per heavy atom. The van der Waals surface area contributed by atoms with Crippen molar-refractivity contribution < 1.29 is 17.8 Å². The Labute approximate surface area is 132 Å². The molecule has 20 aliphatic rings. The molecule has 0 aliphatic carbocycles. The first-order chi connectivity index (χ1) is 12.1. The molecule has 0 radical (unpaired) electrons. The molecule has 0 aromatic heterocycles. The van der Waals surface area contributed by atoms with Crippen LogP contribution < -0.4 is 0 Å². The van der Waals surface area contributed by atoms with E-state index in [4.69, 9.17) is 0 Å². The average Bonchev–Trinajstić information content (AvgIpc) is 3.51. The summed E-state index contributed by atoms with van der Waals surface area (Å²) in [6.07, 6.45) is 1.10. The van der Waals surface area contributed by atoms with Gasteiger partial charge < -0.3 is 0 Å². The molecule has 0 bridgehead atoms. The molecule has 20 saturated heterocycles. The SMILES string of the molecule is CC(=O)C[C]12[CH]3[CH]4[CH]5[CH]1[Fe]45321678[CH]2[CH]1[CH]6[CH]7[CH]28.[CH]12[CH]3[CH]4[CH]5[CH]1[Fe]23451678[CH]2[CH]1[CH]6[CH]7[CH]28. The standard InChI is InChI=1S/C8H9O.3C5H5.2Fe/c1-7(9)6-8-4-2-3-5-8;3*1-2-4-5-3-1;;/h2-5H,6H2,1H3;3*1-5H;;. The molecule has 0 N–H and O–H groups in total. The van der Waals surface area contributed by atoms with Gasteiger partial charge in [0.05, 0.1) is 0 Å². The fourth-order valence-electron chi connectivity index (χ4n) is 33.3. The van der Waals surface area contributed by atoms with Gasteiger partial charge in [-0.15, -0.1) is 0 Å². The molecule has 20 aliphatic heterocycles. The third-order valence-corrected chi connectivity index (χ3v) is 115. The Morgan fingerprint density at radius 1 is 0.615 bits per heavy atom. The fraction of sp³-hybridized carbons (Fsp3) is 0.957. The van der Waals surface area contributed by atoms with Gasteiger partial charge in [0.1, 0.15) is 0 Å². The summed E-state index contributed by atoms with van der Waals surface area (Å²) < 4.78 is 0.866. The van der Waals surface area contributed by atoms with Crippen molar-refractivity contribution in [1.29, 1.82) is 0 Å². The Morgan fingerprint density at radius 2 is 0.962 bits per heavy atom. The Kier molecular flexibility index (Phi) is 0.214. The summed E-state index contributed by atoms with van der Waals surface area (Å²) in [5.74, 6) is 0.558. The zero-order chi connectivity index (χ0) is 15.4. The molecule has 26 heavy (non-hydrogen) atoms. The van der Waals surface area contributed by atoms with Crippen molar-refractivity contribution in [3.63, 3.8) is 0 Å². The van der Waals surface area contributed by atoms with Gasteiger partial charge in [-0.2, -0.15) is 0 Å². The van der Waals surface area contributed by atoms with Gasteiger partial charge in [-0.3, -0.25) is 0 Å². The van der Waals surface area contributed by atoms with Crippen molar-refractivity contribution in [3.05, 3.63) is 0 Å². The van der Waals surface area contributed by atoms with E-state index in [1.807, 2.05) is 6.92 Å². The molecule has 20 fully saturated rings. The molecule has 1 nitrogen and oxygen atoms in total. The van der Waals surface area contributed by atoms with Gasteiger partial charge in [-0.1, -0.05) is 0 Å². The summed E-state index contributed by atoms with van der Waals surface area (Å²) in [5, 5.41) is 0. The van der Waals surface area contributed by atoms with E-state index in [1.54, 1.807) is 48.2 Å². The van der Waals surface area contributed by atoms with Crippen LogP contribution in [0.4, 0.5) is 0 Å². The second-order valence-electron chi connectivity index (χ2n) is 20.3. The molecule has 0 aromatic carbocycles. The number of fused-ring (bicyclic) bond motifs is 20. The number of carbonyl (C=O) groups is 1. The summed E-state index contributed by atoms with van der Waals surface area (Å²) in [7, 11) is 0. The Balaban J connectivity index is 0.0000000773. The van der Waals surface area contributed by atoms with Crippen LogP contribution in [0.3, 0.4) is 0 Å². The molecule has 20 rings (SSSR count). The number of hydrogen-bond acceptors (Lipinski definition) is 1. The fourth-order valence-corrected chi connectivity index (χ4v) is 180. The summed E-state index contributed by atoms with van der Waals surface area (Å²) in [4.78, 5) is 40.0. The molecule has 0 aromatic rings. The number of ketones is 1. The third kappa shape index (κ3) is 0.0792. The van der Waals surface area contributed by atoms with E-state index in [2.05, 4.69) is 0 Å². The minimum atomic E-state index is -2.82. The van der Waals surface area contributed by atoms with Crippen molar-refractivity contribution in [2.45, 2.75) is 109 Å². The summed E-state index contributed by atoms with van der Waals surface area (Å²) in [5.41, 5.74) is 0. The van der Waals surface area contributed by atoms with Crippen LogP contribution in [-0.4, -0.2) is 5.78 Å². The maximum atomic E-state index is 11.7. The molecule has 2 spiro atoms. The molecule has 138 valence electrons. The molecule has 4 unspecified atom stereocenters. The number of Topliss-reactive ketones (excluding diaryl/α,β-unsaturated/α-hetero) is 1. The van der Waals surface area contributed by atoms with Crippen molar-refractivity contribution in [1.82, 2.24) is 0 Å². The van der Waals surface area contributed by atoms with Gasteiger partial charge in [0, 0.05) is 0 Å². The van der Waals surface area contributed by atoms with Crippen LogP contribution in [0.25, 0.3) is 0 Å². The van der Waals surface area contributed by atoms with Crippen molar-refractivity contribution in [3.8, 4) is 0 Å². The van der Waals surface area contributed by atoms with Crippen LogP contribution >= 0.6 is 0 Å². The molecule has 0 amide bonds. The quantitative estimate of drug-likeness (QED) is 0.429. The maximum absolute atomic E-state index is 11.7. The molecule has 0 saturated carbocycles. The second-order valence-corrected chi connectivity index (χ2v) is 67.9. The van der Waals surface area contributed by atoms with Crippen LogP contribution in [0.1, 0.15) is 13.3 Å². The van der Waals surface area contributed by atoms with E-state index in [0.29, 0.717) is 5.78 Å². The van der Waals surface area contributed by atoms with E-state index < -0.39 is 13.0 Å². The van der Waals surface area contributed by atoms with E-state index in [0.717, 1.165) is 10.7 Å². The van der Waals surface area contributed by atoms with Gasteiger partial charge in [0.2, 0.25) is 0 Å². The number of rotatable bonds is 2. The zero-order valence-corrected chi connectivity index (χ0v) is 17.0. The molecule has 20 heterocycles. The van der Waals surface area contributed by atoms with Gasteiger partial charge in [0.25, 0.3) is 0 Å². The predicted octanol–water partition coefficient (Wildman–Crippen LogP) is 7.10. The van der Waals surface area contributed by atoms with Crippen LogP contribution in [0, 0.1) is 0 Å². The minimum absolute atomic E-state index is 0.558. The monoisotopic (exact) mass is 428 g/mol. The summed E-state index contributed by atoms with van der Waals surface area (Å²) >= 11 is 0. The van der Waals surface area contributed by atoms with E-state index >= 15 is 0 Å². The normalized spacial score (nSPS) is 149. The van der Waals surface area contributed by atoms with E-state index in [-0.39, 0.29) is 0 Å². The topological polar surface area (TPSA) is 17.1 Å². The molecule has 3 heteroatoms. The molecular weight excluding hydrogens is 404 g/mol. The molecule has 4 atom stereocenters. The van der Waals surface area contributed by atoms with Gasteiger partial charge in [-0.05, 0) is 0 Å². The van der Waals surface area contributed by atoms with Crippen LogP contribution in [0.2, 0.25) is 95.8 Å². The van der Waals surface area contributed by atoms with Gasteiger partial charge in [-0.25, -0.2) is 0 Å². The Hall–Kier alpha value is 0.709. The van der Waals surface area contributed by atoms with Crippen LogP contribution in [-0.2, 0) is 17.8 Å². The van der Waals surface area contributed by atoms with Crippen molar-refractivity contribution in [2.24, 2.45) is 0 Å². The van der Waals surface area contributed by atoms with Crippen LogP contribution in [0.15, 0.2) is 0 Å². The second kappa shape index (κ2) is 0.631. The van der Waals surface area contributed by atoms with E-state index in [1.165, 1.54) is 43.3 Å². The zero-order valence-electron chi connectivity index (χ0n) is 14.8. The first kappa shape index (κ1) is 8.83. The summed E-state index contributed by atoms with van der Waals surface area (Å²) in [6, 6.07) is 0. The first-order valence-electron chi connectivity index (χ1n) is 12.0. The van der Waals surface area contributed by atoms with E-state index in [9.17, 15) is 4.79 Å². The van der Waals surface area contributed by atoms with Gasteiger partial charge >= 0.3 is 133 Å². The number of hydrogen-bond donors (Lipinski definition) is 0. The average molecular weight is 428 g/mol. The summed E-state index contributed by atoms with van der Waals surface area (Å²) in [6.45, 7) is -3.22. The molecular formula is C23H24Fe2O. The number of carbonyl (C=O) groups excluding carboxylic acids is 1. The Bertz CT molecular complexity index is 1750. The van der Waals surface area contributed by atoms with Crippen molar-refractivity contribution in [2.75, 3.05) is 0 Å². The third-order valence-electron chi connectivity index (χ3n) is 30.0. The van der Waals surface area contributed by atoms with Gasteiger partial charge in [0.15, 0.2) is 0 Å². The first-order valence-corrected chi connectivity index (χ1v) is 24.7. The van der Waals surface area contributed by atoms with Crippen molar-refractivity contribution >= 4 is 5.78 Å². The predicted molar refractivity (Wildman–Crippen MR) is 89.2 cm³/mol.